The number of rotatable bonds is 7. The van der Waals surface area contributed by atoms with Crippen LogP contribution in [0.1, 0.15) is 24.9 Å². The zero-order chi connectivity index (χ0) is 20.6. The average Bonchev–Trinajstić information content (AvgIpc) is 2.72. The van der Waals surface area contributed by atoms with E-state index in [1.165, 1.54) is 0 Å². The van der Waals surface area contributed by atoms with E-state index in [1.54, 1.807) is 18.5 Å². The van der Waals surface area contributed by atoms with Crippen molar-refractivity contribution in [2.75, 3.05) is 44.2 Å². The van der Waals surface area contributed by atoms with Crippen LogP contribution in [0.2, 0.25) is 10.0 Å². The van der Waals surface area contributed by atoms with Gasteiger partial charge >= 0.3 is 0 Å². The van der Waals surface area contributed by atoms with Crippen LogP contribution in [0.3, 0.4) is 0 Å². The molecule has 1 unspecified atom stereocenters. The van der Waals surface area contributed by atoms with Crippen molar-refractivity contribution in [3.63, 3.8) is 0 Å². The van der Waals surface area contributed by atoms with E-state index in [1.807, 2.05) is 25.1 Å². The fourth-order valence-corrected chi connectivity index (χ4v) is 3.89. The Morgan fingerprint density at radius 1 is 1.21 bits per heavy atom. The lowest BCUT2D eigenvalue weighted by molar-refractivity contribution is 0.255. The first-order valence-corrected chi connectivity index (χ1v) is 10.5. The average molecular weight is 436 g/mol. The van der Waals surface area contributed by atoms with Gasteiger partial charge in [-0.05, 0) is 37.1 Å². The molecule has 3 rings (SSSR count). The highest BCUT2D eigenvalue weighted by molar-refractivity contribution is 6.35. The van der Waals surface area contributed by atoms with E-state index >= 15 is 0 Å². The van der Waals surface area contributed by atoms with Gasteiger partial charge in [0.05, 0.1) is 6.04 Å². The molecule has 1 fully saturated rings. The summed E-state index contributed by atoms with van der Waals surface area (Å²) in [5, 5.41) is 4.42. The summed E-state index contributed by atoms with van der Waals surface area (Å²) in [6.07, 6.45) is 4.53. The summed E-state index contributed by atoms with van der Waals surface area (Å²) in [7, 11) is 0. The molecule has 1 aliphatic heterocycles. The van der Waals surface area contributed by atoms with Crippen molar-refractivity contribution in [2.24, 2.45) is 10.7 Å². The zero-order valence-electron chi connectivity index (χ0n) is 16.6. The molecule has 1 aromatic carbocycles. The number of guanidine groups is 1. The lowest BCUT2D eigenvalue weighted by Crippen LogP contribution is -2.47. The molecule has 0 aliphatic carbocycles. The summed E-state index contributed by atoms with van der Waals surface area (Å²) in [6, 6.07) is 7.24. The normalized spacial score (nSPS) is 16.7. The largest absolute Gasteiger partial charge is 0.370 e. The minimum atomic E-state index is -0.0446. The monoisotopic (exact) mass is 435 g/mol. The van der Waals surface area contributed by atoms with E-state index < -0.39 is 0 Å². The third kappa shape index (κ3) is 6.45. The van der Waals surface area contributed by atoms with Crippen LogP contribution in [0.5, 0.6) is 0 Å². The van der Waals surface area contributed by atoms with Crippen LogP contribution < -0.4 is 16.0 Å². The number of anilines is 1. The Morgan fingerprint density at radius 3 is 2.62 bits per heavy atom. The summed E-state index contributed by atoms with van der Waals surface area (Å²) in [4.78, 5) is 17.7. The van der Waals surface area contributed by atoms with Crippen molar-refractivity contribution in [3.05, 3.63) is 52.3 Å². The molecule has 0 saturated carbocycles. The van der Waals surface area contributed by atoms with Crippen molar-refractivity contribution in [1.29, 1.82) is 0 Å². The number of benzene rings is 1. The zero-order valence-corrected chi connectivity index (χ0v) is 18.1. The number of nitrogens with one attached hydrogen (secondary N) is 1. The fourth-order valence-electron chi connectivity index (χ4n) is 3.32. The van der Waals surface area contributed by atoms with Crippen molar-refractivity contribution >= 4 is 35.1 Å². The van der Waals surface area contributed by atoms with E-state index in [2.05, 4.69) is 30.1 Å². The Morgan fingerprint density at radius 2 is 1.93 bits per heavy atom. The molecule has 1 saturated heterocycles. The Hall–Kier alpha value is -2.09. The molecule has 1 aliphatic rings. The van der Waals surface area contributed by atoms with E-state index in [9.17, 15) is 0 Å². The lowest BCUT2D eigenvalue weighted by Gasteiger charge is -2.34. The van der Waals surface area contributed by atoms with Gasteiger partial charge in [0.2, 0.25) is 5.95 Å². The van der Waals surface area contributed by atoms with Gasteiger partial charge in [0, 0.05) is 61.7 Å². The molecule has 2 aromatic rings. The summed E-state index contributed by atoms with van der Waals surface area (Å²) >= 11 is 12.2. The van der Waals surface area contributed by atoms with E-state index in [4.69, 9.17) is 28.9 Å². The van der Waals surface area contributed by atoms with Gasteiger partial charge in [-0.2, -0.15) is 0 Å². The molecule has 156 valence electrons. The SMILES string of the molecule is CC(NC(N)=NCCCN1CCN(c2ncccn2)CC1)c1ccc(Cl)cc1Cl. The number of nitrogens with two attached hydrogens (primary N) is 1. The highest BCUT2D eigenvalue weighted by Gasteiger charge is 2.18. The van der Waals surface area contributed by atoms with Gasteiger partial charge in [-0.15, -0.1) is 0 Å². The maximum absolute atomic E-state index is 6.25. The van der Waals surface area contributed by atoms with Crippen LogP contribution in [0.25, 0.3) is 0 Å². The number of piperazine rings is 1. The molecule has 29 heavy (non-hydrogen) atoms. The van der Waals surface area contributed by atoms with Crippen molar-refractivity contribution in [1.82, 2.24) is 20.2 Å². The van der Waals surface area contributed by atoms with Crippen molar-refractivity contribution in [2.45, 2.75) is 19.4 Å². The molecule has 0 spiro atoms. The maximum atomic E-state index is 6.25. The van der Waals surface area contributed by atoms with Gasteiger partial charge in [0.25, 0.3) is 0 Å². The third-order valence-electron chi connectivity index (χ3n) is 4.92. The Bertz CT molecular complexity index is 808. The summed E-state index contributed by atoms with van der Waals surface area (Å²) in [5.41, 5.74) is 6.97. The number of aliphatic imine (C=N–C) groups is 1. The van der Waals surface area contributed by atoms with Gasteiger partial charge in [-0.25, -0.2) is 9.97 Å². The molecule has 7 nitrogen and oxygen atoms in total. The highest BCUT2D eigenvalue weighted by Crippen LogP contribution is 2.25. The second-order valence-corrected chi connectivity index (χ2v) is 7.87. The second kappa shape index (κ2) is 10.6. The van der Waals surface area contributed by atoms with E-state index in [-0.39, 0.29) is 6.04 Å². The van der Waals surface area contributed by atoms with Gasteiger partial charge in [0.1, 0.15) is 0 Å². The van der Waals surface area contributed by atoms with E-state index in [0.29, 0.717) is 22.5 Å². The number of hydrogen-bond acceptors (Lipinski definition) is 5. The van der Waals surface area contributed by atoms with Gasteiger partial charge in [-0.1, -0.05) is 29.3 Å². The molecule has 0 amide bonds. The summed E-state index contributed by atoms with van der Waals surface area (Å²) in [6.45, 7) is 7.56. The number of hydrogen-bond donors (Lipinski definition) is 2. The topological polar surface area (TPSA) is 82.7 Å². The maximum Gasteiger partial charge on any atom is 0.225 e. The summed E-state index contributed by atoms with van der Waals surface area (Å²) in [5.74, 6) is 1.24. The van der Waals surface area contributed by atoms with Crippen molar-refractivity contribution < 1.29 is 0 Å². The van der Waals surface area contributed by atoms with E-state index in [0.717, 1.165) is 50.7 Å². The number of aromatic nitrogens is 2. The number of nitrogens with zero attached hydrogens (tertiary/aromatic N) is 5. The molecule has 1 atom stereocenters. The molecule has 1 aromatic heterocycles. The molecule has 2 heterocycles. The minimum Gasteiger partial charge on any atom is -0.370 e. The van der Waals surface area contributed by atoms with Gasteiger partial charge in [-0.3, -0.25) is 9.89 Å². The van der Waals surface area contributed by atoms with Gasteiger partial charge < -0.3 is 16.0 Å². The Labute approximate surface area is 181 Å². The molecule has 9 heteroatoms. The van der Waals surface area contributed by atoms with Crippen molar-refractivity contribution in [3.8, 4) is 0 Å². The molecule has 0 radical (unpaired) electrons. The molecule has 0 bridgehead atoms. The Kier molecular flexibility index (Phi) is 7.91. The molecular formula is C20H27Cl2N7. The minimum absolute atomic E-state index is 0.0446. The lowest BCUT2D eigenvalue weighted by atomic mass is 10.1. The Balaban J connectivity index is 1.37. The first kappa shape index (κ1) is 21.6. The fraction of sp³-hybridized carbons (Fsp3) is 0.450. The van der Waals surface area contributed by atoms with Crippen LogP contribution in [0.15, 0.2) is 41.7 Å². The van der Waals surface area contributed by atoms with Crippen LogP contribution in [-0.2, 0) is 0 Å². The van der Waals surface area contributed by atoms with Crippen LogP contribution in [-0.4, -0.2) is 60.1 Å². The standard InChI is InChI=1S/C20H27Cl2N7/c1-15(17-5-4-16(21)14-18(17)22)27-19(23)24-8-3-9-28-10-12-29(13-11-28)20-25-6-2-7-26-20/h2,4-7,14-15H,3,8-13H2,1H3,(H3,23,24,27). The van der Waals surface area contributed by atoms with Crippen LogP contribution >= 0.6 is 23.2 Å². The first-order valence-electron chi connectivity index (χ1n) is 9.78. The highest BCUT2D eigenvalue weighted by atomic mass is 35.5. The van der Waals surface area contributed by atoms with Gasteiger partial charge in [0.15, 0.2) is 5.96 Å². The van der Waals surface area contributed by atoms with Crippen LogP contribution in [0.4, 0.5) is 5.95 Å². The predicted molar refractivity (Wildman–Crippen MR) is 120 cm³/mol. The quantitative estimate of drug-likeness (QED) is 0.395. The predicted octanol–water partition coefficient (Wildman–Crippen LogP) is 2.96. The number of halogens is 2. The summed E-state index contributed by atoms with van der Waals surface area (Å²) < 4.78 is 0. The molecule has 3 N–H and O–H groups in total. The van der Waals surface area contributed by atoms with Crippen LogP contribution in [0, 0.1) is 0 Å². The first-order chi connectivity index (χ1) is 14.0. The smallest absolute Gasteiger partial charge is 0.225 e. The second-order valence-electron chi connectivity index (χ2n) is 7.03. The molecular weight excluding hydrogens is 409 g/mol. The third-order valence-corrected chi connectivity index (χ3v) is 5.48.